The van der Waals surface area contributed by atoms with E-state index in [9.17, 15) is 0 Å². The molecule has 0 nitrogen and oxygen atoms in total. The zero-order chi connectivity index (χ0) is 59.6. The van der Waals surface area contributed by atoms with E-state index in [1.165, 1.54) is 197 Å². The van der Waals surface area contributed by atoms with Gasteiger partial charge >= 0.3 is 0 Å². The number of hydrogen-bond acceptors (Lipinski definition) is 0. The van der Waals surface area contributed by atoms with E-state index in [2.05, 4.69) is 237 Å². The number of benzene rings is 4. The van der Waals surface area contributed by atoms with Crippen LogP contribution in [0.2, 0.25) is 0 Å². The zero-order valence-electron chi connectivity index (χ0n) is 57.0. The molecule has 4 aromatic carbocycles. The lowest BCUT2D eigenvalue weighted by Crippen LogP contribution is -2.34. The van der Waals surface area contributed by atoms with Crippen molar-refractivity contribution in [2.45, 2.75) is 314 Å². The third-order valence-electron chi connectivity index (χ3n) is 18.5. The van der Waals surface area contributed by atoms with Crippen LogP contribution in [-0.4, -0.2) is 0 Å². The molecule has 7 unspecified atom stereocenters. The SMILES string of the molecule is C.CC1CCCC(CC2CCCC(C)C2)C1.CCC1(C)CC(C)CC(C)(C)C1.CCCC(C)CC(C)(C)CC.CCCCCCCC.Cc1ccc(C)c(C)c1.Cc1cccc(C)c1C.Cc1cccc(Cc2cccc(C)c2)c1. The fraction of sp³-hybridized carbons (Fsp3) is 0.700. The Balaban J connectivity index is 0.000000920. The lowest BCUT2D eigenvalue weighted by molar-refractivity contribution is 0.0581. The maximum atomic E-state index is 2.46. The van der Waals surface area contributed by atoms with Gasteiger partial charge in [-0.2, -0.15) is 0 Å². The summed E-state index contributed by atoms with van der Waals surface area (Å²) >= 11 is 0. The Morgan fingerprint density at radius 2 is 1.00 bits per heavy atom. The van der Waals surface area contributed by atoms with E-state index in [0.717, 1.165) is 41.9 Å². The smallest absolute Gasteiger partial charge is 0.00256 e. The summed E-state index contributed by atoms with van der Waals surface area (Å²) in [4.78, 5) is 0. The van der Waals surface area contributed by atoms with Crippen LogP contribution in [0, 0.1) is 107 Å². The molecule has 0 amide bonds. The first kappa shape index (κ1) is 76.9. The topological polar surface area (TPSA) is 0 Å². The molecule has 0 radical (unpaired) electrons. The molecule has 0 aromatic heterocycles. The fourth-order valence-electron chi connectivity index (χ4n) is 13.6. The van der Waals surface area contributed by atoms with Crippen LogP contribution in [0.5, 0.6) is 0 Å². The first-order valence-corrected chi connectivity index (χ1v) is 33.4. The van der Waals surface area contributed by atoms with Gasteiger partial charge in [0.15, 0.2) is 0 Å². The quantitative estimate of drug-likeness (QED) is 0.104. The van der Waals surface area contributed by atoms with Crippen molar-refractivity contribution in [2.24, 2.45) is 51.8 Å². The standard InChI is InChI=1S/C15H28.C15H16.C12H24.C11H24.2C9H12.C8H18.CH4/c2*1-12-5-3-7-14(9-12)11-15-8-4-6-13(2)10-15;1-6-12(5)8-10(2)7-11(3,4)9-12;1-6-8-10(3)9-11(4,5)7-2;1-7-4-5-8(2)9(3)6-7;1-7-5-4-6-8(2)9(7)3;1-3-5-7-8-6-4-2;/h12-15H,3-11H2,1-2H3;3-10H,11H2,1-2H3;10H,6-9H2,1-5H3;10H,6-9H2,1-5H3;2*4-6H,1-3H3;3-8H2,1-2H3;1H4. The summed E-state index contributed by atoms with van der Waals surface area (Å²) in [7, 11) is 0. The molecule has 0 heteroatoms. The van der Waals surface area contributed by atoms with E-state index >= 15 is 0 Å². The van der Waals surface area contributed by atoms with Gasteiger partial charge in [0.2, 0.25) is 0 Å². The van der Waals surface area contributed by atoms with Crippen molar-refractivity contribution in [3.8, 4) is 0 Å². The maximum Gasteiger partial charge on any atom is -0.00256 e. The molecule has 458 valence electrons. The molecule has 0 heterocycles. The van der Waals surface area contributed by atoms with Gasteiger partial charge in [-0.25, -0.2) is 0 Å². The van der Waals surface area contributed by atoms with Crippen molar-refractivity contribution in [2.75, 3.05) is 0 Å². The second-order valence-corrected chi connectivity index (χ2v) is 28.8. The van der Waals surface area contributed by atoms with Gasteiger partial charge in [0.05, 0.1) is 0 Å². The summed E-state index contributed by atoms with van der Waals surface area (Å²) in [5, 5.41) is 0. The Morgan fingerprint density at radius 1 is 0.525 bits per heavy atom. The van der Waals surface area contributed by atoms with E-state index in [0.29, 0.717) is 16.2 Å². The highest BCUT2D eigenvalue weighted by Gasteiger charge is 2.38. The van der Waals surface area contributed by atoms with Crippen LogP contribution in [0.4, 0.5) is 0 Å². The normalized spacial score (nSPS) is 21.4. The fourth-order valence-corrected chi connectivity index (χ4v) is 13.6. The average molecular weight is 1100 g/mol. The van der Waals surface area contributed by atoms with Crippen LogP contribution in [0.25, 0.3) is 0 Å². The second kappa shape index (κ2) is 41.8. The van der Waals surface area contributed by atoms with Crippen LogP contribution < -0.4 is 0 Å². The van der Waals surface area contributed by atoms with E-state index in [1.54, 1.807) is 6.42 Å². The van der Waals surface area contributed by atoms with Gasteiger partial charge in [0.25, 0.3) is 0 Å². The minimum atomic E-state index is 0. The monoisotopic (exact) mass is 1100 g/mol. The predicted octanol–water partition coefficient (Wildman–Crippen LogP) is 26.6. The molecule has 3 aliphatic carbocycles. The highest BCUT2D eigenvalue weighted by molar-refractivity contribution is 5.32. The summed E-state index contributed by atoms with van der Waals surface area (Å²) in [5.74, 6) is 6.05. The summed E-state index contributed by atoms with van der Waals surface area (Å²) in [6, 6.07) is 30.3. The molecule has 0 aliphatic heterocycles. The van der Waals surface area contributed by atoms with Crippen molar-refractivity contribution >= 4 is 0 Å². The summed E-state index contributed by atoms with van der Waals surface area (Å²) in [6.45, 7) is 50.3. The zero-order valence-corrected chi connectivity index (χ0v) is 57.0. The Hall–Kier alpha value is -3.12. The van der Waals surface area contributed by atoms with Crippen LogP contribution in [0.15, 0.2) is 84.9 Å². The van der Waals surface area contributed by atoms with Gasteiger partial charge in [0, 0.05) is 0 Å². The summed E-state index contributed by atoms with van der Waals surface area (Å²) in [6.07, 6.45) is 34.3. The Kier molecular flexibility index (Phi) is 40.2. The van der Waals surface area contributed by atoms with Crippen molar-refractivity contribution in [3.63, 3.8) is 0 Å². The van der Waals surface area contributed by atoms with Crippen LogP contribution >= 0.6 is 0 Å². The molecule has 0 saturated heterocycles. The van der Waals surface area contributed by atoms with Gasteiger partial charge in [0.1, 0.15) is 0 Å². The summed E-state index contributed by atoms with van der Waals surface area (Å²) in [5.41, 5.74) is 15.5. The third-order valence-corrected chi connectivity index (χ3v) is 18.5. The first-order chi connectivity index (χ1) is 37.2. The molecule has 0 spiro atoms. The Morgan fingerprint density at radius 3 is 1.38 bits per heavy atom. The maximum absolute atomic E-state index is 2.46. The van der Waals surface area contributed by atoms with Crippen LogP contribution in [0.3, 0.4) is 0 Å². The number of unbranched alkanes of at least 4 members (excludes halogenated alkanes) is 5. The van der Waals surface area contributed by atoms with Gasteiger partial charge < -0.3 is 0 Å². The number of aryl methyl sites for hydroxylation is 7. The molecule has 0 N–H and O–H groups in total. The van der Waals surface area contributed by atoms with Crippen LogP contribution in [0.1, 0.15) is 308 Å². The van der Waals surface area contributed by atoms with Crippen LogP contribution in [-0.2, 0) is 6.42 Å². The highest BCUT2D eigenvalue weighted by Crippen LogP contribution is 2.50. The van der Waals surface area contributed by atoms with Gasteiger partial charge in [-0.05, 0) is 197 Å². The molecule has 80 heavy (non-hydrogen) atoms. The van der Waals surface area contributed by atoms with Crippen molar-refractivity contribution in [3.05, 3.63) is 141 Å². The lowest BCUT2D eigenvalue weighted by atomic mass is 9.60. The molecule has 7 atom stereocenters. The Bertz CT molecular complexity index is 2060. The van der Waals surface area contributed by atoms with Crippen molar-refractivity contribution < 1.29 is 0 Å². The first-order valence-electron chi connectivity index (χ1n) is 33.4. The molecule has 4 aromatic rings. The third kappa shape index (κ3) is 35.8. The van der Waals surface area contributed by atoms with Gasteiger partial charge in [-0.1, -0.05) is 309 Å². The molecule has 3 aliphatic rings. The van der Waals surface area contributed by atoms with Crippen molar-refractivity contribution in [1.82, 2.24) is 0 Å². The largest absolute Gasteiger partial charge is 0.0776 e. The molecule has 3 fully saturated rings. The molecule has 3 saturated carbocycles. The van der Waals surface area contributed by atoms with E-state index in [1.807, 2.05) is 0 Å². The molecule has 0 bridgehead atoms. The van der Waals surface area contributed by atoms with Gasteiger partial charge in [-0.15, -0.1) is 0 Å². The second-order valence-electron chi connectivity index (χ2n) is 28.8. The average Bonchev–Trinajstić information content (AvgIpc) is 3.37. The number of rotatable bonds is 15. The lowest BCUT2D eigenvalue weighted by Gasteiger charge is -2.45. The minimum Gasteiger partial charge on any atom is -0.0776 e. The number of hydrogen-bond donors (Lipinski definition) is 0. The molecule has 7 rings (SSSR count). The van der Waals surface area contributed by atoms with Gasteiger partial charge in [-0.3, -0.25) is 0 Å². The minimum absolute atomic E-state index is 0. The Labute approximate surface area is 503 Å². The van der Waals surface area contributed by atoms with E-state index in [4.69, 9.17) is 0 Å². The van der Waals surface area contributed by atoms with Crippen molar-refractivity contribution in [1.29, 1.82) is 0 Å². The molecular formula is C80H138. The van der Waals surface area contributed by atoms with E-state index in [-0.39, 0.29) is 7.43 Å². The highest BCUT2D eigenvalue weighted by atomic mass is 14.4. The predicted molar refractivity (Wildman–Crippen MR) is 367 cm³/mol. The van der Waals surface area contributed by atoms with E-state index < -0.39 is 0 Å². The molecular weight excluding hydrogens is 961 g/mol. The summed E-state index contributed by atoms with van der Waals surface area (Å²) < 4.78 is 0.